The normalized spacial score (nSPS) is 10.3. The number of hydrogen-bond donors (Lipinski definition) is 2. The van der Waals surface area contributed by atoms with Crippen LogP contribution in [0.3, 0.4) is 0 Å². The number of aromatic amines is 1. The van der Waals surface area contributed by atoms with Gasteiger partial charge in [0.15, 0.2) is 0 Å². The van der Waals surface area contributed by atoms with Gasteiger partial charge >= 0.3 is 4.87 Å². The zero-order valence-corrected chi connectivity index (χ0v) is 8.17. The molecule has 1 heterocycles. The molecule has 0 saturated heterocycles. The van der Waals surface area contributed by atoms with Crippen LogP contribution in [0.4, 0.5) is 0 Å². The average molecular weight is 207 g/mol. The maximum Gasteiger partial charge on any atom is 0.307 e. The van der Waals surface area contributed by atoms with Gasteiger partial charge in [0.25, 0.3) is 0 Å². The fraction of sp³-hybridized carbons (Fsp3) is 0.100. The number of thiazole rings is 1. The Balaban J connectivity index is 2.27. The number of rotatable bonds is 2. The first-order valence-corrected chi connectivity index (χ1v) is 5.02. The summed E-state index contributed by atoms with van der Waals surface area (Å²) in [6.07, 6.45) is 0.593. The van der Waals surface area contributed by atoms with Gasteiger partial charge in [-0.05, 0) is 5.56 Å². The van der Waals surface area contributed by atoms with Gasteiger partial charge in [-0.3, -0.25) is 9.78 Å². The molecule has 2 aromatic rings. The van der Waals surface area contributed by atoms with E-state index < -0.39 is 0 Å². The van der Waals surface area contributed by atoms with E-state index in [0.717, 1.165) is 16.9 Å². The Morgan fingerprint density at radius 3 is 2.57 bits per heavy atom. The van der Waals surface area contributed by atoms with Crippen LogP contribution in [0.25, 0.3) is 0 Å². The zero-order chi connectivity index (χ0) is 9.97. The molecule has 0 amide bonds. The highest BCUT2D eigenvalue weighted by molar-refractivity contribution is 7.09. The highest BCUT2D eigenvalue weighted by Gasteiger charge is 2.06. The minimum Gasteiger partial charge on any atom is -0.494 e. The van der Waals surface area contributed by atoms with E-state index in [1.807, 2.05) is 30.3 Å². The van der Waals surface area contributed by atoms with Gasteiger partial charge < -0.3 is 5.11 Å². The molecule has 0 aliphatic rings. The van der Waals surface area contributed by atoms with Gasteiger partial charge in [0, 0.05) is 6.42 Å². The number of H-pyrrole nitrogens is 1. The standard InChI is InChI=1S/C10H9NO2S/c12-9-8(14-10(13)11-9)6-7-4-2-1-3-5-7/h1-5,12H,6H2,(H,11,13). The first-order chi connectivity index (χ1) is 6.75. The van der Waals surface area contributed by atoms with E-state index in [9.17, 15) is 9.90 Å². The summed E-state index contributed by atoms with van der Waals surface area (Å²) in [5.74, 6) is -0.0103. The molecule has 0 spiro atoms. The zero-order valence-electron chi connectivity index (χ0n) is 7.36. The van der Waals surface area contributed by atoms with Crippen LogP contribution in [0.2, 0.25) is 0 Å². The summed E-state index contributed by atoms with van der Waals surface area (Å²) in [6, 6.07) is 9.72. The van der Waals surface area contributed by atoms with Crippen molar-refractivity contribution in [3.8, 4) is 5.88 Å². The highest BCUT2D eigenvalue weighted by atomic mass is 32.1. The summed E-state index contributed by atoms with van der Waals surface area (Å²) in [6.45, 7) is 0. The van der Waals surface area contributed by atoms with Gasteiger partial charge in [0.05, 0.1) is 4.88 Å². The van der Waals surface area contributed by atoms with Crippen molar-refractivity contribution in [2.75, 3.05) is 0 Å². The summed E-state index contributed by atoms with van der Waals surface area (Å²) in [7, 11) is 0. The SMILES string of the molecule is O=c1[nH]c(O)c(Cc2ccccc2)s1. The van der Waals surface area contributed by atoms with Crippen LogP contribution in [0.15, 0.2) is 35.1 Å². The lowest BCUT2D eigenvalue weighted by atomic mass is 10.1. The molecule has 0 bridgehead atoms. The molecule has 0 fully saturated rings. The Kier molecular flexibility index (Phi) is 2.37. The van der Waals surface area contributed by atoms with Crippen molar-refractivity contribution < 1.29 is 5.11 Å². The topological polar surface area (TPSA) is 53.1 Å². The van der Waals surface area contributed by atoms with Crippen molar-refractivity contribution in [3.63, 3.8) is 0 Å². The van der Waals surface area contributed by atoms with E-state index in [4.69, 9.17) is 0 Å². The van der Waals surface area contributed by atoms with Crippen LogP contribution >= 0.6 is 11.3 Å². The maximum atomic E-state index is 10.9. The van der Waals surface area contributed by atoms with Gasteiger partial charge in [0.2, 0.25) is 5.88 Å². The second kappa shape index (κ2) is 3.67. The molecule has 4 heteroatoms. The second-order valence-corrected chi connectivity index (χ2v) is 4.02. The smallest absolute Gasteiger partial charge is 0.307 e. The number of nitrogens with one attached hydrogen (secondary N) is 1. The summed E-state index contributed by atoms with van der Waals surface area (Å²) in [5.41, 5.74) is 1.08. The van der Waals surface area contributed by atoms with E-state index in [1.54, 1.807) is 0 Å². The summed E-state index contributed by atoms with van der Waals surface area (Å²) in [5, 5.41) is 9.35. The van der Waals surface area contributed by atoms with Crippen molar-refractivity contribution in [2.45, 2.75) is 6.42 Å². The molecule has 14 heavy (non-hydrogen) atoms. The van der Waals surface area contributed by atoms with E-state index in [-0.39, 0.29) is 10.8 Å². The molecule has 2 rings (SSSR count). The summed E-state index contributed by atoms with van der Waals surface area (Å²) in [4.78, 5) is 13.7. The van der Waals surface area contributed by atoms with E-state index >= 15 is 0 Å². The van der Waals surface area contributed by atoms with Crippen LogP contribution < -0.4 is 4.87 Å². The van der Waals surface area contributed by atoms with Crippen molar-refractivity contribution in [3.05, 3.63) is 50.4 Å². The Hall–Kier alpha value is -1.55. The summed E-state index contributed by atoms with van der Waals surface area (Å²) < 4.78 is 0. The second-order valence-electron chi connectivity index (χ2n) is 2.95. The van der Waals surface area contributed by atoms with Gasteiger partial charge in [0.1, 0.15) is 0 Å². The third-order valence-corrected chi connectivity index (χ3v) is 2.78. The minimum absolute atomic E-state index is 0.0103. The molecule has 72 valence electrons. The van der Waals surface area contributed by atoms with Crippen molar-refractivity contribution in [1.82, 2.24) is 4.98 Å². The van der Waals surface area contributed by atoms with Crippen LogP contribution in [-0.2, 0) is 6.42 Å². The highest BCUT2D eigenvalue weighted by Crippen LogP contribution is 2.19. The fourth-order valence-electron chi connectivity index (χ4n) is 1.25. The average Bonchev–Trinajstić information content (AvgIpc) is 2.47. The third-order valence-electron chi connectivity index (χ3n) is 1.91. The first-order valence-electron chi connectivity index (χ1n) is 4.20. The molecule has 1 aromatic heterocycles. The van der Waals surface area contributed by atoms with Gasteiger partial charge in [-0.15, -0.1) is 0 Å². The molecule has 0 saturated carbocycles. The van der Waals surface area contributed by atoms with Gasteiger partial charge in [-0.25, -0.2) is 0 Å². The molecular formula is C10H9NO2S. The van der Waals surface area contributed by atoms with Crippen LogP contribution in [0, 0.1) is 0 Å². The Labute approximate surface area is 84.7 Å². The number of aromatic nitrogens is 1. The number of hydrogen-bond acceptors (Lipinski definition) is 3. The lowest BCUT2D eigenvalue weighted by molar-refractivity contribution is 0.451. The monoisotopic (exact) mass is 207 g/mol. The quantitative estimate of drug-likeness (QED) is 0.788. The molecule has 2 N–H and O–H groups in total. The molecule has 3 nitrogen and oxygen atoms in total. The third kappa shape index (κ3) is 1.85. The maximum absolute atomic E-state index is 10.9. The Morgan fingerprint density at radius 1 is 1.29 bits per heavy atom. The predicted octanol–water partition coefficient (Wildman–Crippen LogP) is 1.73. The van der Waals surface area contributed by atoms with Crippen LogP contribution in [-0.4, -0.2) is 10.1 Å². The van der Waals surface area contributed by atoms with Crippen LogP contribution in [0.1, 0.15) is 10.4 Å². The Morgan fingerprint density at radius 2 is 2.00 bits per heavy atom. The van der Waals surface area contributed by atoms with Gasteiger partial charge in [-0.1, -0.05) is 41.7 Å². The summed E-state index contributed by atoms with van der Waals surface area (Å²) >= 11 is 1.05. The molecule has 0 aliphatic heterocycles. The van der Waals surface area contributed by atoms with E-state index in [0.29, 0.717) is 11.3 Å². The van der Waals surface area contributed by atoms with Crippen LogP contribution in [0.5, 0.6) is 5.88 Å². The first kappa shape index (κ1) is 9.02. The minimum atomic E-state index is -0.214. The number of aromatic hydroxyl groups is 1. The fourth-order valence-corrected chi connectivity index (χ4v) is 2.01. The largest absolute Gasteiger partial charge is 0.494 e. The lowest BCUT2D eigenvalue weighted by Crippen LogP contribution is -1.89. The van der Waals surface area contributed by atoms with Crippen molar-refractivity contribution in [2.24, 2.45) is 0 Å². The van der Waals surface area contributed by atoms with E-state index in [1.165, 1.54) is 0 Å². The predicted molar refractivity (Wildman–Crippen MR) is 55.9 cm³/mol. The molecular weight excluding hydrogens is 198 g/mol. The van der Waals surface area contributed by atoms with Gasteiger partial charge in [-0.2, -0.15) is 0 Å². The number of benzene rings is 1. The lowest BCUT2D eigenvalue weighted by Gasteiger charge is -1.97. The molecule has 0 atom stereocenters. The Bertz CT molecular complexity index is 472. The van der Waals surface area contributed by atoms with Crippen molar-refractivity contribution in [1.29, 1.82) is 0 Å². The molecule has 0 aliphatic carbocycles. The van der Waals surface area contributed by atoms with E-state index in [2.05, 4.69) is 4.98 Å². The molecule has 0 unspecified atom stereocenters. The molecule has 1 aromatic carbocycles. The van der Waals surface area contributed by atoms with Crippen molar-refractivity contribution >= 4 is 11.3 Å². The molecule has 0 radical (unpaired) electrons.